The van der Waals surface area contributed by atoms with Gasteiger partial charge in [0, 0.05) is 25.7 Å². The van der Waals surface area contributed by atoms with Gasteiger partial charge in [0.15, 0.2) is 5.69 Å². The summed E-state index contributed by atoms with van der Waals surface area (Å²) < 4.78 is 5.27. The number of rotatable bonds is 5. The van der Waals surface area contributed by atoms with Crippen molar-refractivity contribution in [3.05, 3.63) is 16.3 Å². The van der Waals surface area contributed by atoms with Gasteiger partial charge in [-0.05, 0) is 11.8 Å². The molecule has 2 heterocycles. The van der Waals surface area contributed by atoms with Gasteiger partial charge < -0.3 is 20.2 Å². The van der Waals surface area contributed by atoms with Crippen LogP contribution in [0.15, 0.2) is 6.20 Å². The molecule has 18 heavy (non-hydrogen) atoms. The number of hydrogen-bond donors (Lipinski definition) is 2. The highest BCUT2D eigenvalue weighted by Gasteiger charge is 2.18. The summed E-state index contributed by atoms with van der Waals surface area (Å²) in [6.07, 6.45) is 1.44. The summed E-state index contributed by atoms with van der Waals surface area (Å²) >= 11 is 0. The maximum Gasteiger partial charge on any atom is 0.366 e. The average molecular weight is 255 g/mol. The van der Waals surface area contributed by atoms with Crippen LogP contribution in [0.3, 0.4) is 0 Å². The maximum absolute atomic E-state index is 10.7. The van der Waals surface area contributed by atoms with E-state index in [-0.39, 0.29) is 11.9 Å². The number of aromatic nitrogens is 2. The quantitative estimate of drug-likeness (QED) is 0.585. The molecule has 1 unspecified atom stereocenters. The minimum Gasteiger partial charge on any atom is -0.379 e. The van der Waals surface area contributed by atoms with Crippen LogP contribution in [-0.2, 0) is 4.74 Å². The van der Waals surface area contributed by atoms with Crippen LogP contribution in [0.2, 0.25) is 0 Å². The van der Waals surface area contributed by atoms with Gasteiger partial charge in [-0.25, -0.2) is 0 Å². The van der Waals surface area contributed by atoms with Gasteiger partial charge in [-0.3, -0.25) is 4.90 Å². The van der Waals surface area contributed by atoms with Crippen LogP contribution in [-0.4, -0.2) is 58.9 Å². The molecule has 8 heteroatoms. The number of ether oxygens (including phenoxy) is 1. The fourth-order valence-electron chi connectivity index (χ4n) is 2.01. The lowest BCUT2D eigenvalue weighted by molar-refractivity contribution is -0.388. The highest BCUT2D eigenvalue weighted by atomic mass is 16.6. The Morgan fingerprint density at radius 2 is 2.39 bits per heavy atom. The zero-order valence-corrected chi connectivity index (χ0v) is 10.3. The lowest BCUT2D eigenvalue weighted by atomic mass is 10.2. The van der Waals surface area contributed by atoms with E-state index in [1.165, 1.54) is 6.20 Å². The molecule has 1 atom stereocenters. The predicted molar refractivity (Wildman–Crippen MR) is 65.6 cm³/mol. The summed E-state index contributed by atoms with van der Waals surface area (Å²) in [6.45, 7) is 6.12. The molecule has 1 fully saturated rings. The van der Waals surface area contributed by atoms with E-state index in [4.69, 9.17) is 4.74 Å². The standard InChI is InChI=1S/C10H17N5O3/c1-8(7-14-2-4-18-5-3-14)12-9-6-11-13-10(9)15(16)17/h6,8,12H,2-5,7H2,1H3,(H,11,13). The van der Waals surface area contributed by atoms with Gasteiger partial charge in [0.1, 0.15) is 6.20 Å². The first kappa shape index (κ1) is 12.8. The molecule has 0 aliphatic carbocycles. The minimum absolute atomic E-state index is 0.0937. The molecule has 8 nitrogen and oxygen atoms in total. The van der Waals surface area contributed by atoms with Crippen LogP contribution in [0.5, 0.6) is 0 Å². The molecule has 1 aliphatic rings. The van der Waals surface area contributed by atoms with E-state index in [0.717, 1.165) is 32.8 Å². The van der Waals surface area contributed by atoms with Crippen molar-refractivity contribution >= 4 is 11.5 Å². The Morgan fingerprint density at radius 3 is 3.06 bits per heavy atom. The van der Waals surface area contributed by atoms with Crippen molar-refractivity contribution < 1.29 is 9.66 Å². The number of nitrogens with zero attached hydrogens (tertiary/aromatic N) is 3. The molecule has 1 saturated heterocycles. The van der Waals surface area contributed by atoms with Gasteiger partial charge in [0.25, 0.3) is 0 Å². The highest BCUT2D eigenvalue weighted by Crippen LogP contribution is 2.20. The third-order valence-electron chi connectivity index (χ3n) is 2.84. The first-order chi connectivity index (χ1) is 8.66. The molecule has 2 N–H and O–H groups in total. The lowest BCUT2D eigenvalue weighted by Crippen LogP contribution is -2.42. The Bertz CT molecular complexity index is 402. The second-order valence-corrected chi connectivity index (χ2v) is 4.35. The summed E-state index contributed by atoms with van der Waals surface area (Å²) in [5.41, 5.74) is 0.431. The van der Waals surface area contributed by atoms with E-state index >= 15 is 0 Å². The van der Waals surface area contributed by atoms with Crippen molar-refractivity contribution in [2.75, 3.05) is 38.2 Å². The summed E-state index contributed by atoms with van der Waals surface area (Å²) in [6, 6.07) is 0.111. The van der Waals surface area contributed by atoms with E-state index in [0.29, 0.717) is 5.69 Å². The molecule has 0 amide bonds. The molecule has 1 aromatic heterocycles. The molecule has 0 radical (unpaired) electrons. The molecule has 1 aliphatic heterocycles. The fourth-order valence-corrected chi connectivity index (χ4v) is 2.01. The normalized spacial score (nSPS) is 18.5. The Hall–Kier alpha value is -1.67. The van der Waals surface area contributed by atoms with E-state index in [1.54, 1.807) is 0 Å². The topological polar surface area (TPSA) is 96.3 Å². The van der Waals surface area contributed by atoms with Gasteiger partial charge in [-0.1, -0.05) is 5.10 Å². The van der Waals surface area contributed by atoms with Crippen molar-refractivity contribution in [2.24, 2.45) is 0 Å². The number of nitrogens with one attached hydrogen (secondary N) is 2. The third-order valence-corrected chi connectivity index (χ3v) is 2.84. The van der Waals surface area contributed by atoms with Crippen LogP contribution < -0.4 is 5.32 Å². The number of hydrogen-bond acceptors (Lipinski definition) is 6. The van der Waals surface area contributed by atoms with Gasteiger partial charge in [0.05, 0.1) is 13.2 Å². The molecule has 1 aromatic rings. The van der Waals surface area contributed by atoms with Crippen molar-refractivity contribution in [1.82, 2.24) is 15.1 Å². The Labute approximate surface area is 104 Å². The number of morpholine rings is 1. The summed E-state index contributed by atoms with van der Waals surface area (Å²) in [7, 11) is 0. The summed E-state index contributed by atoms with van der Waals surface area (Å²) in [4.78, 5) is 12.5. The van der Waals surface area contributed by atoms with Crippen LogP contribution in [0, 0.1) is 10.1 Å². The molecule has 0 spiro atoms. The smallest absolute Gasteiger partial charge is 0.366 e. The molecular formula is C10H17N5O3. The fraction of sp³-hybridized carbons (Fsp3) is 0.700. The molecule has 2 rings (SSSR count). The SMILES string of the molecule is CC(CN1CCOCC1)Nc1cn[nH]c1[N+](=O)[O-]. The number of H-pyrrole nitrogens is 1. The Balaban J connectivity index is 1.88. The number of anilines is 1. The Morgan fingerprint density at radius 1 is 1.67 bits per heavy atom. The summed E-state index contributed by atoms with van der Waals surface area (Å²) in [5, 5.41) is 19.9. The second kappa shape index (κ2) is 5.78. The van der Waals surface area contributed by atoms with Gasteiger partial charge in [0.2, 0.25) is 0 Å². The van der Waals surface area contributed by atoms with Gasteiger partial charge in [-0.2, -0.15) is 0 Å². The molecule has 0 bridgehead atoms. The first-order valence-corrected chi connectivity index (χ1v) is 5.91. The van der Waals surface area contributed by atoms with Crippen LogP contribution >= 0.6 is 0 Å². The molecular weight excluding hydrogens is 238 g/mol. The van der Waals surface area contributed by atoms with Crippen LogP contribution in [0.25, 0.3) is 0 Å². The number of aromatic amines is 1. The lowest BCUT2D eigenvalue weighted by Gasteiger charge is -2.29. The zero-order chi connectivity index (χ0) is 13.0. The zero-order valence-electron chi connectivity index (χ0n) is 10.3. The van der Waals surface area contributed by atoms with Crippen molar-refractivity contribution in [1.29, 1.82) is 0 Å². The van der Waals surface area contributed by atoms with E-state index in [1.807, 2.05) is 6.92 Å². The third kappa shape index (κ3) is 3.17. The monoisotopic (exact) mass is 255 g/mol. The minimum atomic E-state index is -0.475. The van der Waals surface area contributed by atoms with Crippen molar-refractivity contribution in [3.63, 3.8) is 0 Å². The van der Waals surface area contributed by atoms with Crippen molar-refractivity contribution in [3.8, 4) is 0 Å². The number of nitro groups is 1. The van der Waals surface area contributed by atoms with Crippen LogP contribution in [0.1, 0.15) is 6.92 Å². The molecule has 0 saturated carbocycles. The van der Waals surface area contributed by atoms with Crippen LogP contribution in [0.4, 0.5) is 11.5 Å². The Kier molecular flexibility index (Phi) is 4.11. The van der Waals surface area contributed by atoms with Gasteiger partial charge in [-0.15, -0.1) is 5.10 Å². The van der Waals surface area contributed by atoms with Gasteiger partial charge >= 0.3 is 5.82 Å². The molecule has 100 valence electrons. The highest BCUT2D eigenvalue weighted by molar-refractivity contribution is 5.55. The van der Waals surface area contributed by atoms with E-state index in [2.05, 4.69) is 20.4 Å². The predicted octanol–water partition coefficient (Wildman–Crippen LogP) is 0.451. The maximum atomic E-state index is 10.7. The summed E-state index contributed by atoms with van der Waals surface area (Å²) in [5.74, 6) is -0.0937. The van der Waals surface area contributed by atoms with E-state index in [9.17, 15) is 10.1 Å². The van der Waals surface area contributed by atoms with E-state index < -0.39 is 4.92 Å². The largest absolute Gasteiger partial charge is 0.379 e. The molecule has 0 aromatic carbocycles. The second-order valence-electron chi connectivity index (χ2n) is 4.35. The van der Waals surface area contributed by atoms with Crippen molar-refractivity contribution in [2.45, 2.75) is 13.0 Å². The first-order valence-electron chi connectivity index (χ1n) is 5.91. The average Bonchev–Trinajstić information content (AvgIpc) is 2.78.